The van der Waals surface area contributed by atoms with Crippen molar-refractivity contribution >= 4 is 46.4 Å². The third-order valence-corrected chi connectivity index (χ3v) is 1.11. The second kappa shape index (κ2) is 4.85. The molecule has 4 heteroatoms. The molecular formula is C6H5ClNNaO. The molecule has 0 saturated carbocycles. The first-order valence-corrected chi connectivity index (χ1v) is 2.78. The molecule has 1 aromatic heterocycles. The quantitative estimate of drug-likeness (QED) is 0.456. The SMILES string of the molecule is O=C(Cl)c1cccnc1.[NaH]. The molecule has 0 aliphatic carbocycles. The van der Waals surface area contributed by atoms with Gasteiger partial charge >= 0.3 is 29.6 Å². The Bertz CT molecular complexity index is 214. The molecule has 1 rings (SSSR count). The molecule has 0 unspecified atom stereocenters. The van der Waals surface area contributed by atoms with Gasteiger partial charge in [0.25, 0.3) is 5.24 Å². The summed E-state index contributed by atoms with van der Waals surface area (Å²) < 4.78 is 0. The number of hydrogen-bond acceptors (Lipinski definition) is 2. The van der Waals surface area contributed by atoms with Crippen molar-refractivity contribution in [1.82, 2.24) is 4.98 Å². The Balaban J connectivity index is 0.000000810. The topological polar surface area (TPSA) is 30.0 Å². The fraction of sp³-hybridized carbons (Fsp3) is 0. The molecule has 0 aliphatic rings. The summed E-state index contributed by atoms with van der Waals surface area (Å²) in [6.45, 7) is 0. The first kappa shape index (κ1) is 10.1. The molecule has 2 nitrogen and oxygen atoms in total. The van der Waals surface area contributed by atoms with Crippen LogP contribution in [0.4, 0.5) is 0 Å². The Morgan fingerprint density at radius 2 is 2.30 bits per heavy atom. The van der Waals surface area contributed by atoms with Crippen LogP contribution < -0.4 is 0 Å². The molecule has 10 heavy (non-hydrogen) atoms. The van der Waals surface area contributed by atoms with Crippen molar-refractivity contribution in [3.05, 3.63) is 30.1 Å². The minimum atomic E-state index is -0.469. The van der Waals surface area contributed by atoms with Crippen molar-refractivity contribution in [3.8, 4) is 0 Å². The number of halogens is 1. The Morgan fingerprint density at radius 1 is 1.60 bits per heavy atom. The molecule has 48 valence electrons. The molecular weight excluding hydrogens is 161 g/mol. The third-order valence-electron chi connectivity index (χ3n) is 0.888. The normalized spacial score (nSPS) is 8.10. The monoisotopic (exact) mass is 165 g/mol. The third kappa shape index (κ3) is 2.80. The summed E-state index contributed by atoms with van der Waals surface area (Å²) in [5, 5.41) is -0.469. The maximum absolute atomic E-state index is 10.4. The molecule has 1 heterocycles. The molecule has 0 fully saturated rings. The van der Waals surface area contributed by atoms with E-state index in [9.17, 15) is 4.79 Å². The van der Waals surface area contributed by atoms with E-state index in [2.05, 4.69) is 4.98 Å². The first-order valence-electron chi connectivity index (χ1n) is 2.40. The molecule has 0 spiro atoms. The average Bonchev–Trinajstić information content (AvgIpc) is 1.90. The van der Waals surface area contributed by atoms with Crippen LogP contribution in [0.25, 0.3) is 0 Å². The van der Waals surface area contributed by atoms with Gasteiger partial charge in [-0.1, -0.05) is 0 Å². The van der Waals surface area contributed by atoms with Crippen molar-refractivity contribution in [2.45, 2.75) is 0 Å². The van der Waals surface area contributed by atoms with Gasteiger partial charge in [-0.25, -0.2) is 0 Å². The van der Waals surface area contributed by atoms with Crippen LogP contribution in [0.3, 0.4) is 0 Å². The zero-order valence-corrected chi connectivity index (χ0v) is 5.30. The van der Waals surface area contributed by atoms with Gasteiger partial charge in [0.2, 0.25) is 0 Å². The van der Waals surface area contributed by atoms with Crippen molar-refractivity contribution < 1.29 is 4.79 Å². The summed E-state index contributed by atoms with van der Waals surface area (Å²) in [5.74, 6) is 0. The van der Waals surface area contributed by atoms with E-state index in [0.29, 0.717) is 5.56 Å². The Kier molecular flexibility index (Phi) is 4.91. The summed E-state index contributed by atoms with van der Waals surface area (Å²) in [4.78, 5) is 14.1. The van der Waals surface area contributed by atoms with Crippen LogP contribution in [0.15, 0.2) is 24.5 Å². The first-order chi connectivity index (χ1) is 4.30. The predicted molar refractivity (Wildman–Crippen MR) is 41.6 cm³/mol. The van der Waals surface area contributed by atoms with E-state index in [-0.39, 0.29) is 29.6 Å². The number of hydrogen-bond donors (Lipinski definition) is 0. The van der Waals surface area contributed by atoms with Gasteiger partial charge in [0.05, 0.1) is 5.56 Å². The average molecular weight is 166 g/mol. The standard InChI is InChI=1S/C6H4ClNO.Na.H/c7-6(9)5-2-1-3-8-4-5;;/h1-4H;;. The fourth-order valence-electron chi connectivity index (χ4n) is 0.479. The molecule has 0 aromatic carbocycles. The van der Waals surface area contributed by atoms with Gasteiger partial charge in [-0.3, -0.25) is 9.78 Å². The number of carbonyl (C=O) groups excluding carboxylic acids is 1. The van der Waals surface area contributed by atoms with Crippen LogP contribution in [-0.4, -0.2) is 39.8 Å². The number of carbonyl (C=O) groups is 1. The van der Waals surface area contributed by atoms with E-state index in [1.54, 1.807) is 18.3 Å². The molecule has 0 atom stereocenters. The van der Waals surface area contributed by atoms with Gasteiger partial charge in [-0.15, -0.1) is 0 Å². The Labute approximate surface area is 85.9 Å². The van der Waals surface area contributed by atoms with E-state index in [4.69, 9.17) is 11.6 Å². The minimum absolute atomic E-state index is 0. The fourth-order valence-corrected chi connectivity index (χ4v) is 0.591. The van der Waals surface area contributed by atoms with E-state index in [1.165, 1.54) is 6.20 Å². The van der Waals surface area contributed by atoms with Gasteiger partial charge in [0.1, 0.15) is 0 Å². The molecule has 1 aromatic rings. The molecule has 0 saturated heterocycles. The number of aromatic nitrogens is 1. The van der Waals surface area contributed by atoms with Gasteiger partial charge < -0.3 is 0 Å². The molecule has 0 aliphatic heterocycles. The van der Waals surface area contributed by atoms with Crippen LogP contribution in [0.1, 0.15) is 10.4 Å². The predicted octanol–water partition coefficient (Wildman–Crippen LogP) is 0.812. The second-order valence-corrected chi connectivity index (χ2v) is 1.86. The van der Waals surface area contributed by atoms with Crippen LogP contribution in [0.5, 0.6) is 0 Å². The summed E-state index contributed by atoms with van der Waals surface area (Å²) in [6, 6.07) is 3.28. The van der Waals surface area contributed by atoms with Crippen LogP contribution >= 0.6 is 11.6 Å². The number of pyridine rings is 1. The van der Waals surface area contributed by atoms with Crippen molar-refractivity contribution in [2.24, 2.45) is 0 Å². The summed E-state index contributed by atoms with van der Waals surface area (Å²) in [5.41, 5.74) is 0.430. The Hall–Kier alpha value is 0.110. The molecule has 0 N–H and O–H groups in total. The van der Waals surface area contributed by atoms with Gasteiger partial charge in [0, 0.05) is 12.4 Å². The Morgan fingerprint density at radius 3 is 2.60 bits per heavy atom. The van der Waals surface area contributed by atoms with E-state index in [0.717, 1.165) is 0 Å². The molecule has 0 bridgehead atoms. The maximum atomic E-state index is 10.4. The van der Waals surface area contributed by atoms with Crippen LogP contribution in [-0.2, 0) is 0 Å². The molecule has 0 radical (unpaired) electrons. The van der Waals surface area contributed by atoms with Gasteiger partial charge in [0.15, 0.2) is 0 Å². The van der Waals surface area contributed by atoms with E-state index >= 15 is 0 Å². The molecule has 0 amide bonds. The summed E-state index contributed by atoms with van der Waals surface area (Å²) in [6.07, 6.45) is 3.01. The second-order valence-electron chi connectivity index (χ2n) is 1.52. The van der Waals surface area contributed by atoms with Crippen molar-refractivity contribution in [3.63, 3.8) is 0 Å². The van der Waals surface area contributed by atoms with Crippen LogP contribution in [0, 0.1) is 0 Å². The zero-order valence-electron chi connectivity index (χ0n) is 4.54. The van der Waals surface area contributed by atoms with E-state index < -0.39 is 5.24 Å². The summed E-state index contributed by atoms with van der Waals surface area (Å²) >= 11 is 5.12. The van der Waals surface area contributed by atoms with Gasteiger partial charge in [-0.05, 0) is 23.7 Å². The van der Waals surface area contributed by atoms with Gasteiger partial charge in [-0.2, -0.15) is 0 Å². The summed E-state index contributed by atoms with van der Waals surface area (Å²) in [7, 11) is 0. The van der Waals surface area contributed by atoms with Crippen molar-refractivity contribution in [1.29, 1.82) is 0 Å². The number of nitrogens with zero attached hydrogens (tertiary/aromatic N) is 1. The zero-order chi connectivity index (χ0) is 6.69. The van der Waals surface area contributed by atoms with Crippen molar-refractivity contribution in [2.75, 3.05) is 0 Å². The van der Waals surface area contributed by atoms with Crippen LogP contribution in [0.2, 0.25) is 0 Å². The number of rotatable bonds is 1. The van der Waals surface area contributed by atoms with E-state index in [1.807, 2.05) is 0 Å².